The molecule has 244 valence electrons. The average Bonchev–Trinajstić information content (AvgIpc) is 3.55. The molecule has 47 heavy (non-hydrogen) atoms. The predicted octanol–water partition coefficient (Wildman–Crippen LogP) is 3.75. The maximum Gasteiger partial charge on any atom is 0.303 e. The number of anilines is 3. The van der Waals surface area contributed by atoms with Crippen LogP contribution in [-0.4, -0.2) is 84.0 Å². The van der Waals surface area contributed by atoms with Gasteiger partial charge in [0.2, 0.25) is 17.8 Å². The van der Waals surface area contributed by atoms with Crippen molar-refractivity contribution in [3.05, 3.63) is 77.6 Å². The summed E-state index contributed by atoms with van der Waals surface area (Å²) in [5.41, 5.74) is 4.33. The third kappa shape index (κ3) is 7.41. The Morgan fingerprint density at radius 2 is 1.45 bits per heavy atom. The number of carbonyl (C=O) groups excluding carboxylic acids is 1. The second-order valence-electron chi connectivity index (χ2n) is 11.3. The van der Waals surface area contributed by atoms with Gasteiger partial charge >= 0.3 is 5.97 Å². The summed E-state index contributed by atoms with van der Waals surface area (Å²) in [5, 5.41) is 9.13. The molecule has 1 fully saturated rings. The van der Waals surface area contributed by atoms with Crippen LogP contribution in [0.1, 0.15) is 29.5 Å². The van der Waals surface area contributed by atoms with Crippen LogP contribution in [-0.2, 0) is 33.8 Å². The summed E-state index contributed by atoms with van der Waals surface area (Å²) in [7, 11) is 3.29. The fourth-order valence-corrected chi connectivity index (χ4v) is 5.69. The molecule has 0 saturated carbocycles. The van der Waals surface area contributed by atoms with Gasteiger partial charge in [0.05, 0.1) is 39.5 Å². The van der Waals surface area contributed by atoms with Crippen molar-refractivity contribution >= 4 is 29.6 Å². The fourth-order valence-electron chi connectivity index (χ4n) is 5.69. The number of carboxylic acid groups (broad SMARTS) is 1. The van der Waals surface area contributed by atoms with Crippen molar-refractivity contribution in [3.8, 4) is 22.8 Å². The van der Waals surface area contributed by atoms with Gasteiger partial charge in [0.15, 0.2) is 0 Å². The van der Waals surface area contributed by atoms with E-state index in [1.165, 1.54) is 0 Å². The van der Waals surface area contributed by atoms with Crippen LogP contribution in [0.2, 0.25) is 0 Å². The van der Waals surface area contributed by atoms with Gasteiger partial charge in [0.25, 0.3) is 0 Å². The van der Waals surface area contributed by atoms with Crippen molar-refractivity contribution in [2.45, 2.75) is 32.4 Å². The summed E-state index contributed by atoms with van der Waals surface area (Å²) in [4.78, 5) is 49.3. The number of aromatic nitrogens is 4. The van der Waals surface area contributed by atoms with Crippen molar-refractivity contribution in [1.82, 2.24) is 19.9 Å². The first-order chi connectivity index (χ1) is 22.9. The third-order valence-electron chi connectivity index (χ3n) is 8.22. The van der Waals surface area contributed by atoms with E-state index in [2.05, 4.69) is 4.90 Å². The highest BCUT2D eigenvalue weighted by Gasteiger charge is 2.32. The quantitative estimate of drug-likeness (QED) is 0.241. The van der Waals surface area contributed by atoms with Gasteiger partial charge in [-0.1, -0.05) is 24.3 Å². The average molecular weight is 640 g/mol. The van der Waals surface area contributed by atoms with E-state index in [1.807, 2.05) is 53.4 Å². The van der Waals surface area contributed by atoms with Gasteiger partial charge in [-0.15, -0.1) is 0 Å². The van der Waals surface area contributed by atoms with Crippen LogP contribution in [0, 0.1) is 0 Å². The first kappa shape index (κ1) is 31.7. The Bertz CT molecular complexity index is 1640. The number of rotatable bonds is 12. The van der Waals surface area contributed by atoms with Crippen LogP contribution in [0.4, 0.5) is 17.7 Å². The van der Waals surface area contributed by atoms with E-state index in [9.17, 15) is 9.59 Å². The molecule has 4 aromatic rings. The smallest absolute Gasteiger partial charge is 0.303 e. The van der Waals surface area contributed by atoms with E-state index in [1.54, 1.807) is 31.5 Å². The van der Waals surface area contributed by atoms with E-state index in [4.69, 9.17) is 39.3 Å². The summed E-state index contributed by atoms with van der Waals surface area (Å²) in [6.45, 7) is 3.86. The number of hydrogen-bond acceptors (Lipinski definition) is 11. The SMILES string of the molecule is COc1ccc(CN(Cc2ccc(OC)cc2)c2ncc(-c3nc(N4CCOCC4)nc4c3CCN4C(=O)CCC(=O)O)cn2)cc1. The lowest BCUT2D eigenvalue weighted by Gasteiger charge is -2.28. The van der Waals surface area contributed by atoms with Gasteiger partial charge in [-0.3, -0.25) is 14.5 Å². The molecule has 13 heteroatoms. The second-order valence-corrected chi connectivity index (χ2v) is 11.3. The molecule has 13 nitrogen and oxygen atoms in total. The Kier molecular flexibility index (Phi) is 9.72. The van der Waals surface area contributed by atoms with Gasteiger partial charge in [-0.25, -0.2) is 15.0 Å². The molecule has 0 unspecified atom stereocenters. The summed E-state index contributed by atoms with van der Waals surface area (Å²) in [5.74, 6) is 1.83. The molecular weight excluding hydrogens is 602 g/mol. The molecule has 4 heterocycles. The molecule has 1 amide bonds. The number of aliphatic carboxylic acids is 1. The van der Waals surface area contributed by atoms with Crippen LogP contribution in [0.3, 0.4) is 0 Å². The van der Waals surface area contributed by atoms with Gasteiger partial charge in [-0.2, -0.15) is 4.98 Å². The van der Waals surface area contributed by atoms with Crippen LogP contribution >= 0.6 is 0 Å². The minimum Gasteiger partial charge on any atom is -0.497 e. The number of methoxy groups -OCH3 is 2. The highest BCUT2D eigenvalue weighted by molar-refractivity contribution is 5.97. The van der Waals surface area contributed by atoms with Crippen LogP contribution in [0.15, 0.2) is 60.9 Å². The lowest BCUT2D eigenvalue weighted by atomic mass is 10.1. The number of hydrogen-bond donors (Lipinski definition) is 1. The molecule has 0 radical (unpaired) electrons. The zero-order valence-electron chi connectivity index (χ0n) is 26.5. The predicted molar refractivity (Wildman–Crippen MR) is 175 cm³/mol. The Balaban J connectivity index is 1.33. The van der Waals surface area contributed by atoms with Gasteiger partial charge in [-0.05, 0) is 41.8 Å². The normalized spacial score (nSPS) is 14.1. The second kappa shape index (κ2) is 14.4. The number of benzene rings is 2. The Morgan fingerprint density at radius 1 is 0.851 bits per heavy atom. The monoisotopic (exact) mass is 639 g/mol. The van der Waals surface area contributed by atoms with E-state index in [-0.39, 0.29) is 18.7 Å². The molecule has 2 aromatic carbocycles. The van der Waals surface area contributed by atoms with Gasteiger partial charge in [0, 0.05) is 62.7 Å². The maximum atomic E-state index is 13.1. The summed E-state index contributed by atoms with van der Waals surface area (Å²) in [6, 6.07) is 15.8. The molecule has 1 N–H and O–H groups in total. The first-order valence-electron chi connectivity index (χ1n) is 15.5. The highest BCUT2D eigenvalue weighted by Crippen LogP contribution is 2.36. The lowest BCUT2D eigenvalue weighted by Crippen LogP contribution is -2.38. The number of carbonyl (C=O) groups is 2. The van der Waals surface area contributed by atoms with Crippen molar-refractivity contribution < 1.29 is 28.9 Å². The van der Waals surface area contributed by atoms with Crippen LogP contribution < -0.4 is 24.2 Å². The Morgan fingerprint density at radius 3 is 2.00 bits per heavy atom. The zero-order valence-corrected chi connectivity index (χ0v) is 26.5. The van der Waals surface area contributed by atoms with Gasteiger partial charge in [0.1, 0.15) is 17.3 Å². The lowest BCUT2D eigenvalue weighted by molar-refractivity contribution is -0.138. The minimum absolute atomic E-state index is 0.100. The number of fused-ring (bicyclic) bond motifs is 1. The van der Waals surface area contributed by atoms with Crippen molar-refractivity contribution in [3.63, 3.8) is 0 Å². The molecule has 0 aliphatic carbocycles. The van der Waals surface area contributed by atoms with E-state index < -0.39 is 5.97 Å². The maximum absolute atomic E-state index is 13.1. The standard InChI is InChI=1S/C34H37N7O6/c1-45-26-7-3-23(4-8-26)21-40(22-24-5-9-27(46-2)10-6-24)33-35-19-25(20-36-33)31-28-13-14-41(29(42)11-12-30(43)44)32(28)38-34(37-31)39-15-17-47-18-16-39/h3-10,19-20H,11-18,21-22H2,1-2H3,(H,43,44). The molecular formula is C34H37N7O6. The highest BCUT2D eigenvalue weighted by atomic mass is 16.5. The summed E-state index contributed by atoms with van der Waals surface area (Å²) < 4.78 is 16.2. The van der Waals surface area contributed by atoms with E-state index >= 15 is 0 Å². The molecule has 6 rings (SSSR count). The third-order valence-corrected chi connectivity index (χ3v) is 8.22. The Labute approximate surface area is 272 Å². The fraction of sp³-hybridized carbons (Fsp3) is 0.353. The van der Waals surface area contributed by atoms with E-state index in [0.717, 1.165) is 28.2 Å². The largest absolute Gasteiger partial charge is 0.497 e. The molecule has 0 atom stereocenters. The van der Waals surface area contributed by atoms with Crippen molar-refractivity contribution in [1.29, 1.82) is 0 Å². The molecule has 2 aliphatic rings. The van der Waals surface area contributed by atoms with Crippen molar-refractivity contribution in [2.75, 3.05) is 61.8 Å². The summed E-state index contributed by atoms with van der Waals surface area (Å²) >= 11 is 0. The number of amides is 1. The zero-order chi connectivity index (χ0) is 32.8. The number of ether oxygens (including phenoxy) is 3. The Hall–Kier alpha value is -5.30. The first-order valence-corrected chi connectivity index (χ1v) is 15.5. The van der Waals surface area contributed by atoms with Gasteiger partial charge < -0.3 is 29.1 Å². The molecule has 1 saturated heterocycles. The number of morpholine rings is 1. The minimum atomic E-state index is -1.01. The summed E-state index contributed by atoms with van der Waals surface area (Å²) in [6.07, 6.45) is 3.72. The molecule has 2 aromatic heterocycles. The van der Waals surface area contributed by atoms with Crippen LogP contribution in [0.5, 0.6) is 11.5 Å². The number of carboxylic acids is 1. The van der Waals surface area contributed by atoms with Crippen LogP contribution in [0.25, 0.3) is 11.3 Å². The molecule has 2 aliphatic heterocycles. The molecule has 0 bridgehead atoms. The van der Waals surface area contributed by atoms with Crippen molar-refractivity contribution in [2.24, 2.45) is 0 Å². The topological polar surface area (TPSA) is 143 Å². The van der Waals surface area contributed by atoms with E-state index in [0.29, 0.717) is 81.3 Å². The number of nitrogens with zero attached hydrogens (tertiary/aromatic N) is 7. The molecule has 0 spiro atoms.